The molecular weight excluding hydrogens is 477 g/mol. The van der Waals surface area contributed by atoms with Crippen LogP contribution in [-0.4, -0.2) is 49.3 Å². The molecule has 1 heterocycles. The van der Waals surface area contributed by atoms with E-state index >= 15 is 0 Å². The van der Waals surface area contributed by atoms with Crippen LogP contribution in [-0.2, 0) is 11.2 Å². The molecule has 0 aliphatic heterocycles. The lowest BCUT2D eigenvalue weighted by atomic mass is 10.0. The first-order valence-corrected chi connectivity index (χ1v) is 10.1. The number of alkyl carbamates (subject to hydrolysis) is 1. The highest BCUT2D eigenvalue weighted by atomic mass is 127. The number of carbonyl (C=O) groups excluding carboxylic acids is 1. The smallest absolute Gasteiger partial charge is 0.407 e. The van der Waals surface area contributed by atoms with Crippen molar-refractivity contribution < 1.29 is 9.53 Å². The van der Waals surface area contributed by atoms with Gasteiger partial charge in [0.15, 0.2) is 5.96 Å². The number of amides is 1. The molecule has 0 aliphatic carbocycles. The summed E-state index contributed by atoms with van der Waals surface area (Å²) in [6, 6.07) is -0.0499. The second kappa shape index (κ2) is 14.9. The molecule has 1 aromatic rings. The zero-order chi connectivity index (χ0) is 19.4. The fourth-order valence-electron chi connectivity index (χ4n) is 2.44. The Morgan fingerprint density at radius 3 is 2.63 bits per heavy atom. The molecule has 27 heavy (non-hydrogen) atoms. The molecular formula is C18H34IN5O2S. The first kappa shape index (κ1) is 25.9. The van der Waals surface area contributed by atoms with Crippen molar-refractivity contribution in [1.29, 1.82) is 0 Å². The predicted octanol–water partition coefficient (Wildman–Crippen LogP) is 3.33. The number of aliphatic imine (C=N–C) groups is 1. The SMILES string of the molecule is CCNC(=NCC(CC(C)C)NC(=O)OCC)NCCc1ncc(C)s1.I. The lowest BCUT2D eigenvalue weighted by molar-refractivity contribution is 0.147. The van der Waals surface area contributed by atoms with Crippen LogP contribution in [0.3, 0.4) is 0 Å². The number of aromatic nitrogens is 1. The largest absolute Gasteiger partial charge is 0.450 e. The van der Waals surface area contributed by atoms with Gasteiger partial charge in [0, 0.05) is 30.6 Å². The van der Waals surface area contributed by atoms with Crippen LogP contribution in [0.4, 0.5) is 4.79 Å². The molecule has 1 atom stereocenters. The molecule has 0 saturated carbocycles. The summed E-state index contributed by atoms with van der Waals surface area (Å²) in [5.74, 6) is 1.21. The fourth-order valence-corrected chi connectivity index (χ4v) is 3.22. The Balaban J connectivity index is 0.00000676. The van der Waals surface area contributed by atoms with E-state index in [1.165, 1.54) is 4.88 Å². The number of halogens is 1. The van der Waals surface area contributed by atoms with Crippen molar-refractivity contribution in [2.24, 2.45) is 10.9 Å². The number of guanidine groups is 1. The van der Waals surface area contributed by atoms with Gasteiger partial charge in [-0.15, -0.1) is 35.3 Å². The standard InChI is InChI=1S/C18H33N5O2S.HI/c1-6-19-17(20-9-8-16-21-11-14(5)26-16)22-12-15(10-13(3)4)23-18(24)25-7-2;/h11,13,15H,6-10,12H2,1-5H3,(H,23,24)(H2,19,20,22);1H. The molecule has 0 fully saturated rings. The molecule has 0 spiro atoms. The van der Waals surface area contributed by atoms with E-state index in [0.717, 1.165) is 36.9 Å². The molecule has 0 saturated heterocycles. The van der Waals surface area contributed by atoms with E-state index < -0.39 is 0 Å². The van der Waals surface area contributed by atoms with E-state index in [1.54, 1.807) is 18.3 Å². The van der Waals surface area contributed by atoms with Gasteiger partial charge >= 0.3 is 6.09 Å². The summed E-state index contributed by atoms with van der Waals surface area (Å²) in [5, 5.41) is 10.6. The van der Waals surface area contributed by atoms with E-state index in [2.05, 4.69) is 46.7 Å². The summed E-state index contributed by atoms with van der Waals surface area (Å²) >= 11 is 1.72. The monoisotopic (exact) mass is 511 g/mol. The second-order valence-electron chi connectivity index (χ2n) is 6.45. The third-order valence-corrected chi connectivity index (χ3v) is 4.44. The maximum Gasteiger partial charge on any atom is 0.407 e. The van der Waals surface area contributed by atoms with E-state index in [9.17, 15) is 4.79 Å². The van der Waals surface area contributed by atoms with Gasteiger partial charge in [-0.1, -0.05) is 13.8 Å². The summed E-state index contributed by atoms with van der Waals surface area (Å²) in [6.45, 7) is 12.6. The molecule has 7 nitrogen and oxygen atoms in total. The third kappa shape index (κ3) is 12.1. The zero-order valence-electron chi connectivity index (χ0n) is 17.0. The molecule has 1 unspecified atom stereocenters. The summed E-state index contributed by atoms with van der Waals surface area (Å²) in [4.78, 5) is 21.9. The average Bonchev–Trinajstić information content (AvgIpc) is 2.97. The number of carbonyl (C=O) groups is 1. The van der Waals surface area contributed by atoms with Gasteiger partial charge in [0.25, 0.3) is 0 Å². The van der Waals surface area contributed by atoms with Gasteiger partial charge in [0.2, 0.25) is 0 Å². The van der Waals surface area contributed by atoms with E-state index in [0.29, 0.717) is 19.1 Å². The van der Waals surface area contributed by atoms with Crippen molar-refractivity contribution in [3.8, 4) is 0 Å². The highest BCUT2D eigenvalue weighted by Gasteiger charge is 2.14. The molecule has 1 amide bonds. The van der Waals surface area contributed by atoms with Gasteiger partial charge in [0.1, 0.15) is 0 Å². The maximum absolute atomic E-state index is 11.7. The van der Waals surface area contributed by atoms with Crippen molar-refractivity contribution in [3.05, 3.63) is 16.1 Å². The number of nitrogens with zero attached hydrogens (tertiary/aromatic N) is 2. The Kier molecular flexibility index (Phi) is 14.3. The Labute approximate surface area is 184 Å². The number of hydrogen-bond acceptors (Lipinski definition) is 5. The highest BCUT2D eigenvalue weighted by Crippen LogP contribution is 2.11. The van der Waals surface area contributed by atoms with Gasteiger partial charge < -0.3 is 20.7 Å². The topological polar surface area (TPSA) is 87.6 Å². The maximum atomic E-state index is 11.7. The Hall–Kier alpha value is -1.10. The number of hydrogen-bond donors (Lipinski definition) is 3. The van der Waals surface area contributed by atoms with Crippen molar-refractivity contribution >= 4 is 47.4 Å². The van der Waals surface area contributed by atoms with Gasteiger partial charge in [-0.05, 0) is 33.1 Å². The average molecular weight is 511 g/mol. The summed E-state index contributed by atoms with van der Waals surface area (Å²) in [7, 11) is 0. The molecule has 0 aromatic carbocycles. The van der Waals surface area contributed by atoms with Crippen molar-refractivity contribution in [3.63, 3.8) is 0 Å². The van der Waals surface area contributed by atoms with Crippen LogP contribution < -0.4 is 16.0 Å². The fraction of sp³-hybridized carbons (Fsp3) is 0.722. The minimum Gasteiger partial charge on any atom is -0.450 e. The van der Waals surface area contributed by atoms with Gasteiger partial charge in [-0.25, -0.2) is 9.78 Å². The van der Waals surface area contributed by atoms with Crippen molar-refractivity contribution in [2.45, 2.75) is 53.5 Å². The van der Waals surface area contributed by atoms with E-state index in [1.807, 2.05) is 13.1 Å². The number of nitrogens with one attached hydrogen (secondary N) is 3. The zero-order valence-corrected chi connectivity index (χ0v) is 20.1. The van der Waals surface area contributed by atoms with Crippen LogP contribution in [0.2, 0.25) is 0 Å². The molecule has 0 bridgehead atoms. The van der Waals surface area contributed by atoms with E-state index in [-0.39, 0.29) is 36.1 Å². The molecule has 0 radical (unpaired) electrons. The summed E-state index contributed by atoms with van der Waals surface area (Å²) in [5.41, 5.74) is 0. The summed E-state index contributed by atoms with van der Waals surface area (Å²) < 4.78 is 4.99. The number of ether oxygens (including phenoxy) is 1. The van der Waals surface area contributed by atoms with Gasteiger partial charge in [-0.3, -0.25) is 4.99 Å². The van der Waals surface area contributed by atoms with Gasteiger partial charge in [-0.2, -0.15) is 0 Å². The first-order valence-electron chi connectivity index (χ1n) is 9.31. The third-order valence-electron chi connectivity index (χ3n) is 3.47. The van der Waals surface area contributed by atoms with Crippen LogP contribution in [0.15, 0.2) is 11.2 Å². The first-order chi connectivity index (χ1) is 12.4. The Bertz CT molecular complexity index is 566. The van der Waals surface area contributed by atoms with Crippen LogP contribution in [0.1, 0.15) is 44.0 Å². The highest BCUT2D eigenvalue weighted by molar-refractivity contribution is 14.0. The Morgan fingerprint density at radius 2 is 2.07 bits per heavy atom. The number of rotatable bonds is 10. The quantitative estimate of drug-likeness (QED) is 0.255. The minimum atomic E-state index is -0.384. The number of aryl methyl sites for hydroxylation is 1. The molecule has 156 valence electrons. The van der Waals surface area contributed by atoms with Crippen LogP contribution >= 0.6 is 35.3 Å². The van der Waals surface area contributed by atoms with E-state index in [4.69, 9.17) is 4.74 Å². The lowest BCUT2D eigenvalue weighted by Crippen LogP contribution is -2.42. The van der Waals surface area contributed by atoms with Gasteiger partial charge in [0.05, 0.1) is 24.2 Å². The molecule has 9 heteroatoms. The van der Waals surface area contributed by atoms with Crippen LogP contribution in [0.25, 0.3) is 0 Å². The molecule has 3 N–H and O–H groups in total. The summed E-state index contributed by atoms with van der Waals surface area (Å²) in [6.07, 6.45) is 3.22. The normalized spacial score (nSPS) is 12.3. The van der Waals surface area contributed by atoms with Crippen LogP contribution in [0.5, 0.6) is 0 Å². The molecule has 0 aliphatic rings. The molecule has 1 aromatic heterocycles. The van der Waals surface area contributed by atoms with Crippen molar-refractivity contribution in [2.75, 3.05) is 26.2 Å². The van der Waals surface area contributed by atoms with Crippen LogP contribution in [0, 0.1) is 12.8 Å². The number of thiazole rings is 1. The molecule has 1 rings (SSSR count). The Morgan fingerprint density at radius 1 is 1.33 bits per heavy atom. The lowest BCUT2D eigenvalue weighted by Gasteiger charge is -2.19. The predicted molar refractivity (Wildman–Crippen MR) is 123 cm³/mol. The van der Waals surface area contributed by atoms with Crippen molar-refractivity contribution in [1.82, 2.24) is 20.9 Å². The second-order valence-corrected chi connectivity index (χ2v) is 7.77. The minimum absolute atomic E-state index is 0.